The van der Waals surface area contributed by atoms with Crippen LogP contribution in [0.15, 0.2) is 24.3 Å². The molecule has 1 aromatic carbocycles. The summed E-state index contributed by atoms with van der Waals surface area (Å²) < 4.78 is 1.69. The molecule has 1 heterocycles. The van der Waals surface area contributed by atoms with Crippen molar-refractivity contribution in [2.45, 2.75) is 19.4 Å². The van der Waals surface area contributed by atoms with Crippen LogP contribution in [0.4, 0.5) is 0 Å². The monoisotopic (exact) mass is 234 g/mol. The van der Waals surface area contributed by atoms with Gasteiger partial charge in [-0.3, -0.25) is 4.79 Å². The van der Waals surface area contributed by atoms with Crippen LogP contribution in [0.3, 0.4) is 0 Å². The predicted octanol–water partition coefficient (Wildman–Crippen LogP) is 1.05. The highest BCUT2D eigenvalue weighted by molar-refractivity contribution is 5.78. The lowest BCUT2D eigenvalue weighted by molar-refractivity contribution is -0.137. The van der Waals surface area contributed by atoms with Gasteiger partial charge in [-0.15, -0.1) is 0 Å². The molecule has 2 rings (SSSR count). The summed E-state index contributed by atoms with van der Waals surface area (Å²) >= 11 is 0. The van der Waals surface area contributed by atoms with Crippen molar-refractivity contribution in [1.82, 2.24) is 9.55 Å². The maximum absolute atomic E-state index is 10.8. The van der Waals surface area contributed by atoms with Crippen LogP contribution >= 0.6 is 0 Å². The summed E-state index contributed by atoms with van der Waals surface area (Å²) in [5.74, 6) is -0.180. The summed E-state index contributed by atoms with van der Waals surface area (Å²) in [5, 5.41) is 17.7. The van der Waals surface area contributed by atoms with Crippen molar-refractivity contribution in [1.29, 1.82) is 0 Å². The maximum Gasteiger partial charge on any atom is 0.323 e. The zero-order chi connectivity index (χ0) is 12.3. The third-order valence-corrected chi connectivity index (χ3v) is 2.59. The quantitative estimate of drug-likeness (QED) is 0.810. The Bertz CT molecular complexity index is 534. The fraction of sp³-hybridized carbons (Fsp3) is 0.333. The van der Waals surface area contributed by atoms with Gasteiger partial charge in [0.05, 0.1) is 11.0 Å². The number of hydrogen-bond donors (Lipinski definition) is 2. The first-order valence-corrected chi connectivity index (χ1v) is 5.49. The smallest absolute Gasteiger partial charge is 0.323 e. The van der Waals surface area contributed by atoms with Gasteiger partial charge in [0.2, 0.25) is 0 Å². The molecule has 0 amide bonds. The van der Waals surface area contributed by atoms with E-state index in [1.54, 1.807) is 4.57 Å². The van der Waals surface area contributed by atoms with E-state index in [4.69, 9.17) is 10.2 Å². The van der Waals surface area contributed by atoms with Crippen molar-refractivity contribution in [3.8, 4) is 0 Å². The highest BCUT2D eigenvalue weighted by Crippen LogP contribution is 2.16. The number of fused-ring (bicyclic) bond motifs is 1. The van der Waals surface area contributed by atoms with E-state index in [0.29, 0.717) is 18.7 Å². The van der Waals surface area contributed by atoms with Gasteiger partial charge in [0, 0.05) is 13.0 Å². The number of benzene rings is 1. The predicted molar refractivity (Wildman–Crippen MR) is 62.8 cm³/mol. The van der Waals surface area contributed by atoms with Crippen molar-refractivity contribution >= 4 is 17.0 Å². The minimum Gasteiger partial charge on any atom is -0.480 e. The Morgan fingerprint density at radius 3 is 2.82 bits per heavy atom. The molecule has 0 saturated carbocycles. The standard InChI is InChI=1S/C12H14N2O3/c15-7-3-6-11-13-9-4-1-2-5-10(9)14(11)8-12(16)17/h1-2,4-5,15H,3,6-8H2,(H,16,17). The molecule has 0 spiro atoms. The number of aliphatic hydroxyl groups is 1. The van der Waals surface area contributed by atoms with E-state index < -0.39 is 5.97 Å². The molecule has 2 aromatic rings. The minimum atomic E-state index is -0.890. The van der Waals surface area contributed by atoms with Gasteiger partial charge in [-0.1, -0.05) is 12.1 Å². The van der Waals surface area contributed by atoms with Gasteiger partial charge in [0.25, 0.3) is 0 Å². The highest BCUT2D eigenvalue weighted by atomic mass is 16.4. The van der Waals surface area contributed by atoms with E-state index in [1.165, 1.54) is 0 Å². The van der Waals surface area contributed by atoms with E-state index in [1.807, 2.05) is 24.3 Å². The summed E-state index contributed by atoms with van der Waals surface area (Å²) in [5.41, 5.74) is 1.62. The summed E-state index contributed by atoms with van der Waals surface area (Å²) in [6, 6.07) is 7.44. The molecular weight excluding hydrogens is 220 g/mol. The molecule has 5 heteroatoms. The van der Waals surface area contributed by atoms with Gasteiger partial charge in [-0.25, -0.2) is 4.98 Å². The normalized spacial score (nSPS) is 10.9. The van der Waals surface area contributed by atoms with Crippen molar-refractivity contribution in [2.75, 3.05) is 6.61 Å². The number of aliphatic carboxylic acids is 1. The van der Waals surface area contributed by atoms with Crippen LogP contribution < -0.4 is 0 Å². The molecule has 2 N–H and O–H groups in total. The number of carboxylic acid groups (broad SMARTS) is 1. The summed E-state index contributed by atoms with van der Waals surface area (Å²) in [4.78, 5) is 15.2. The molecule has 0 aliphatic carbocycles. The van der Waals surface area contributed by atoms with Crippen LogP contribution in [0.1, 0.15) is 12.2 Å². The molecule has 0 atom stereocenters. The second-order valence-electron chi connectivity index (χ2n) is 3.82. The number of aliphatic hydroxyl groups excluding tert-OH is 1. The lowest BCUT2D eigenvalue weighted by Crippen LogP contribution is -2.12. The second kappa shape index (κ2) is 4.97. The maximum atomic E-state index is 10.8. The molecular formula is C12H14N2O3. The van der Waals surface area contributed by atoms with Gasteiger partial charge in [0.15, 0.2) is 0 Å². The van der Waals surface area contributed by atoms with Crippen molar-refractivity contribution < 1.29 is 15.0 Å². The first-order valence-electron chi connectivity index (χ1n) is 5.49. The summed E-state index contributed by atoms with van der Waals surface area (Å²) in [6.45, 7) is -0.0163. The van der Waals surface area contributed by atoms with Crippen molar-refractivity contribution in [3.63, 3.8) is 0 Å². The second-order valence-corrected chi connectivity index (χ2v) is 3.82. The average molecular weight is 234 g/mol. The average Bonchev–Trinajstić information content (AvgIpc) is 2.64. The highest BCUT2D eigenvalue weighted by Gasteiger charge is 2.12. The molecule has 0 aliphatic rings. The number of carboxylic acids is 1. The van der Waals surface area contributed by atoms with Crippen LogP contribution in [0.2, 0.25) is 0 Å². The van der Waals surface area contributed by atoms with Crippen LogP contribution in [0.5, 0.6) is 0 Å². The molecule has 0 bridgehead atoms. The van der Waals surface area contributed by atoms with E-state index in [2.05, 4.69) is 4.98 Å². The van der Waals surface area contributed by atoms with Gasteiger partial charge in [-0.05, 0) is 18.6 Å². The number of nitrogens with zero attached hydrogens (tertiary/aromatic N) is 2. The van der Waals surface area contributed by atoms with E-state index >= 15 is 0 Å². The van der Waals surface area contributed by atoms with Crippen molar-refractivity contribution in [2.24, 2.45) is 0 Å². The van der Waals surface area contributed by atoms with E-state index in [0.717, 1.165) is 11.0 Å². The molecule has 0 unspecified atom stereocenters. The van der Waals surface area contributed by atoms with E-state index in [-0.39, 0.29) is 13.2 Å². The number of imidazole rings is 1. The Hall–Kier alpha value is -1.88. The Kier molecular flexibility index (Phi) is 3.39. The van der Waals surface area contributed by atoms with Gasteiger partial charge >= 0.3 is 5.97 Å². The van der Waals surface area contributed by atoms with Crippen molar-refractivity contribution in [3.05, 3.63) is 30.1 Å². The largest absolute Gasteiger partial charge is 0.480 e. The molecule has 1 aromatic heterocycles. The number of carbonyl (C=O) groups is 1. The van der Waals surface area contributed by atoms with Crippen LogP contribution in [-0.2, 0) is 17.8 Å². The van der Waals surface area contributed by atoms with Gasteiger partial charge in [-0.2, -0.15) is 0 Å². The number of aromatic nitrogens is 2. The Morgan fingerprint density at radius 2 is 2.12 bits per heavy atom. The lowest BCUT2D eigenvalue weighted by Gasteiger charge is -2.05. The third-order valence-electron chi connectivity index (χ3n) is 2.59. The van der Waals surface area contributed by atoms with Crippen LogP contribution in [-0.4, -0.2) is 32.3 Å². The summed E-state index contributed by atoms with van der Waals surface area (Å²) in [6.07, 6.45) is 1.17. The molecule has 0 radical (unpaired) electrons. The zero-order valence-corrected chi connectivity index (χ0v) is 9.33. The Balaban J connectivity index is 2.44. The molecule has 90 valence electrons. The van der Waals surface area contributed by atoms with Gasteiger partial charge in [0.1, 0.15) is 12.4 Å². The molecule has 17 heavy (non-hydrogen) atoms. The number of para-hydroxylation sites is 2. The van der Waals surface area contributed by atoms with Crippen LogP contribution in [0, 0.1) is 0 Å². The summed E-state index contributed by atoms with van der Waals surface area (Å²) in [7, 11) is 0. The minimum absolute atomic E-state index is 0.0796. The third kappa shape index (κ3) is 2.45. The fourth-order valence-corrected chi connectivity index (χ4v) is 1.87. The lowest BCUT2D eigenvalue weighted by atomic mass is 10.3. The molecule has 0 aliphatic heterocycles. The SMILES string of the molecule is O=C(O)Cn1c(CCCO)nc2ccccc21. The molecule has 0 saturated heterocycles. The number of aryl methyl sites for hydroxylation is 1. The Labute approximate surface area is 98.3 Å². The van der Waals surface area contributed by atoms with Gasteiger partial charge < -0.3 is 14.8 Å². The topological polar surface area (TPSA) is 75.3 Å². The first kappa shape index (κ1) is 11.6. The first-order chi connectivity index (χ1) is 8.22. The zero-order valence-electron chi connectivity index (χ0n) is 9.33. The van der Waals surface area contributed by atoms with E-state index in [9.17, 15) is 4.79 Å². The van der Waals surface area contributed by atoms with Crippen LogP contribution in [0.25, 0.3) is 11.0 Å². The number of rotatable bonds is 5. The molecule has 5 nitrogen and oxygen atoms in total. The Morgan fingerprint density at radius 1 is 1.35 bits per heavy atom. The number of hydrogen-bond acceptors (Lipinski definition) is 3. The fourth-order valence-electron chi connectivity index (χ4n) is 1.87. The molecule has 0 fully saturated rings.